The van der Waals surface area contributed by atoms with E-state index in [1.54, 1.807) is 0 Å². The molecule has 0 spiro atoms. The van der Waals surface area contributed by atoms with Gasteiger partial charge in [-0.15, -0.1) is 0 Å². The van der Waals surface area contributed by atoms with Crippen LogP contribution in [0.25, 0.3) is 0 Å². The second-order valence-corrected chi connectivity index (χ2v) is 2.77. The minimum Gasteiger partial charge on any atom is -0.455 e. The Labute approximate surface area is 70.2 Å². The van der Waals surface area contributed by atoms with Crippen LogP contribution in [0.3, 0.4) is 0 Å². The van der Waals surface area contributed by atoms with Crippen molar-refractivity contribution in [2.75, 3.05) is 0 Å². The molecule has 1 amide bonds. The third-order valence-corrected chi connectivity index (χ3v) is 1.22. The molecule has 0 saturated heterocycles. The highest BCUT2D eigenvalue weighted by molar-refractivity contribution is 5.91. The number of nitrogens with one attached hydrogen (secondary N) is 1. The van der Waals surface area contributed by atoms with Crippen molar-refractivity contribution < 1.29 is 14.3 Å². The second-order valence-electron chi connectivity index (χ2n) is 2.77. The lowest BCUT2D eigenvalue weighted by Gasteiger charge is -2.04. The van der Waals surface area contributed by atoms with Gasteiger partial charge in [-0.1, -0.05) is 0 Å². The SMILES string of the molecule is CC(C)NC(=O)c1cc([O])co1. The van der Waals surface area contributed by atoms with Crippen molar-refractivity contribution in [2.24, 2.45) is 0 Å². The first kappa shape index (κ1) is 8.64. The Morgan fingerprint density at radius 1 is 1.58 bits per heavy atom. The van der Waals surface area contributed by atoms with Crippen LogP contribution in [-0.2, 0) is 5.11 Å². The van der Waals surface area contributed by atoms with Crippen molar-refractivity contribution in [2.45, 2.75) is 19.9 Å². The van der Waals surface area contributed by atoms with Gasteiger partial charge < -0.3 is 9.73 Å². The van der Waals surface area contributed by atoms with Crippen LogP contribution in [0, 0.1) is 0 Å². The Morgan fingerprint density at radius 2 is 2.25 bits per heavy atom. The van der Waals surface area contributed by atoms with E-state index in [9.17, 15) is 9.90 Å². The molecule has 1 rings (SSSR count). The Bertz CT molecular complexity index is 278. The van der Waals surface area contributed by atoms with Crippen LogP contribution in [0.4, 0.5) is 0 Å². The summed E-state index contributed by atoms with van der Waals surface area (Å²) >= 11 is 0. The summed E-state index contributed by atoms with van der Waals surface area (Å²) in [5, 5.41) is 13.2. The highest BCUT2D eigenvalue weighted by Crippen LogP contribution is 2.13. The highest BCUT2D eigenvalue weighted by Gasteiger charge is 2.11. The Morgan fingerprint density at radius 3 is 2.67 bits per heavy atom. The van der Waals surface area contributed by atoms with E-state index in [0.717, 1.165) is 12.3 Å². The lowest BCUT2D eigenvalue weighted by atomic mass is 10.3. The molecule has 1 aromatic heterocycles. The van der Waals surface area contributed by atoms with E-state index in [1.807, 2.05) is 13.8 Å². The summed E-state index contributed by atoms with van der Waals surface area (Å²) in [4.78, 5) is 11.1. The summed E-state index contributed by atoms with van der Waals surface area (Å²) in [7, 11) is 0. The lowest BCUT2D eigenvalue weighted by Crippen LogP contribution is -2.29. The van der Waals surface area contributed by atoms with Gasteiger partial charge in [-0.3, -0.25) is 9.90 Å². The number of amides is 1. The molecule has 1 heterocycles. The number of rotatable bonds is 2. The van der Waals surface area contributed by atoms with Gasteiger partial charge in [-0.25, -0.2) is 0 Å². The molecule has 0 bridgehead atoms. The van der Waals surface area contributed by atoms with Crippen LogP contribution < -0.4 is 5.32 Å². The molecule has 0 saturated carbocycles. The highest BCUT2D eigenvalue weighted by atomic mass is 16.4. The zero-order valence-corrected chi connectivity index (χ0v) is 6.96. The molecule has 0 unspecified atom stereocenters. The molecule has 4 nitrogen and oxygen atoms in total. The second kappa shape index (κ2) is 3.30. The van der Waals surface area contributed by atoms with Crippen LogP contribution in [0.5, 0.6) is 5.75 Å². The van der Waals surface area contributed by atoms with Crippen LogP contribution in [0.1, 0.15) is 24.4 Å². The molecule has 12 heavy (non-hydrogen) atoms. The number of carbonyl (C=O) groups is 1. The number of hydrogen-bond donors (Lipinski definition) is 1. The third-order valence-electron chi connectivity index (χ3n) is 1.22. The molecule has 0 aliphatic rings. The quantitative estimate of drug-likeness (QED) is 0.728. The van der Waals surface area contributed by atoms with E-state index >= 15 is 0 Å². The normalized spacial score (nSPS) is 10.2. The zero-order chi connectivity index (χ0) is 9.14. The van der Waals surface area contributed by atoms with Gasteiger partial charge >= 0.3 is 0 Å². The molecule has 4 heteroatoms. The topological polar surface area (TPSA) is 62.1 Å². The van der Waals surface area contributed by atoms with E-state index in [0.29, 0.717) is 0 Å². The standard InChI is InChI=1S/C8H10NO3/c1-5(2)9-8(11)7-3-6(10)4-12-7/h3-5H,1-2H3,(H,9,11). The maximum atomic E-state index is 11.1. The van der Waals surface area contributed by atoms with Gasteiger partial charge in [0, 0.05) is 12.1 Å². The van der Waals surface area contributed by atoms with Gasteiger partial charge in [-0.05, 0) is 13.8 Å². The van der Waals surface area contributed by atoms with Crippen LogP contribution >= 0.6 is 0 Å². The summed E-state index contributed by atoms with van der Waals surface area (Å²) in [6.45, 7) is 3.66. The first-order chi connectivity index (χ1) is 5.59. The Kier molecular flexibility index (Phi) is 2.38. The minimum absolute atomic E-state index is 0.0395. The monoisotopic (exact) mass is 168 g/mol. The molecular weight excluding hydrogens is 158 g/mol. The fraction of sp³-hybridized carbons (Fsp3) is 0.375. The Hall–Kier alpha value is -1.45. The summed E-state index contributed by atoms with van der Waals surface area (Å²) in [5.74, 6) is -0.579. The molecule has 1 radical (unpaired) electrons. The van der Waals surface area contributed by atoms with Crippen molar-refractivity contribution in [1.29, 1.82) is 0 Å². The van der Waals surface area contributed by atoms with Crippen molar-refractivity contribution in [3.05, 3.63) is 18.1 Å². The molecular formula is C8H10NO3. The smallest absolute Gasteiger partial charge is 0.287 e. The van der Waals surface area contributed by atoms with Gasteiger partial charge in [-0.2, -0.15) is 0 Å². The largest absolute Gasteiger partial charge is 0.455 e. The van der Waals surface area contributed by atoms with Crippen molar-refractivity contribution >= 4 is 5.91 Å². The van der Waals surface area contributed by atoms with E-state index in [1.165, 1.54) is 0 Å². The van der Waals surface area contributed by atoms with Crippen molar-refractivity contribution in [3.8, 4) is 5.75 Å². The molecule has 0 atom stereocenters. The number of carbonyl (C=O) groups excluding carboxylic acids is 1. The van der Waals surface area contributed by atoms with Crippen molar-refractivity contribution in [3.63, 3.8) is 0 Å². The first-order valence-electron chi connectivity index (χ1n) is 3.66. The van der Waals surface area contributed by atoms with Gasteiger partial charge in [0.2, 0.25) is 5.75 Å². The summed E-state index contributed by atoms with van der Waals surface area (Å²) < 4.78 is 4.70. The summed E-state index contributed by atoms with van der Waals surface area (Å²) in [6, 6.07) is 1.20. The average Bonchev–Trinajstić information content (AvgIpc) is 2.34. The average molecular weight is 168 g/mol. The summed E-state index contributed by atoms with van der Waals surface area (Å²) in [5.41, 5.74) is 0. The van der Waals surface area contributed by atoms with E-state index in [-0.39, 0.29) is 23.5 Å². The predicted octanol–water partition coefficient (Wildman–Crippen LogP) is 1.56. The third kappa shape index (κ3) is 2.02. The minimum atomic E-state index is -0.355. The van der Waals surface area contributed by atoms with Gasteiger partial charge in [0.1, 0.15) is 6.26 Å². The molecule has 0 fully saturated rings. The molecule has 65 valence electrons. The fourth-order valence-corrected chi connectivity index (χ4v) is 0.771. The Balaban J connectivity index is 2.65. The maximum Gasteiger partial charge on any atom is 0.287 e. The van der Waals surface area contributed by atoms with Crippen LogP contribution in [0.15, 0.2) is 16.7 Å². The van der Waals surface area contributed by atoms with E-state index < -0.39 is 0 Å². The molecule has 0 aromatic carbocycles. The van der Waals surface area contributed by atoms with Crippen LogP contribution in [0.2, 0.25) is 0 Å². The lowest BCUT2D eigenvalue weighted by molar-refractivity contribution is 0.0915. The first-order valence-corrected chi connectivity index (χ1v) is 3.66. The van der Waals surface area contributed by atoms with Crippen molar-refractivity contribution in [1.82, 2.24) is 5.32 Å². The molecule has 1 N–H and O–H groups in total. The predicted molar refractivity (Wildman–Crippen MR) is 41.4 cm³/mol. The van der Waals surface area contributed by atoms with Gasteiger partial charge in [0.05, 0.1) is 0 Å². The van der Waals surface area contributed by atoms with Gasteiger partial charge in [0.15, 0.2) is 5.76 Å². The molecule has 0 aliphatic carbocycles. The van der Waals surface area contributed by atoms with Gasteiger partial charge in [0.25, 0.3) is 5.91 Å². The zero-order valence-electron chi connectivity index (χ0n) is 6.96. The molecule has 1 aromatic rings. The fourth-order valence-electron chi connectivity index (χ4n) is 0.771. The number of hydrogen-bond acceptors (Lipinski definition) is 2. The number of furan rings is 1. The molecule has 0 aliphatic heterocycles. The van der Waals surface area contributed by atoms with Crippen LogP contribution in [-0.4, -0.2) is 11.9 Å². The maximum absolute atomic E-state index is 11.1. The van der Waals surface area contributed by atoms with E-state index in [2.05, 4.69) is 5.32 Å². The summed E-state index contributed by atoms with van der Waals surface area (Å²) in [6.07, 6.45) is 1.01. The van der Waals surface area contributed by atoms with E-state index in [4.69, 9.17) is 4.42 Å².